The Balaban J connectivity index is 1.06. The Hall–Kier alpha value is -5.54. The normalized spacial score (nSPS) is 21.6. The zero-order valence-electron chi connectivity index (χ0n) is 31.4. The first-order valence-electron chi connectivity index (χ1n) is 19.0. The van der Waals surface area contributed by atoms with Gasteiger partial charge < -0.3 is 48.5 Å². The fourth-order valence-electron chi connectivity index (χ4n) is 7.01. The number of esters is 1. The van der Waals surface area contributed by atoms with Crippen molar-refractivity contribution in [3.63, 3.8) is 0 Å². The molecule has 0 saturated carbocycles. The first kappa shape index (κ1) is 40.1. The topological polar surface area (TPSA) is 178 Å². The summed E-state index contributed by atoms with van der Waals surface area (Å²) < 4.78 is 46.2. The van der Waals surface area contributed by atoms with Crippen LogP contribution in [0.3, 0.4) is 0 Å². The summed E-state index contributed by atoms with van der Waals surface area (Å²) in [6.45, 7) is 2.05. The molecule has 3 heterocycles. The Morgan fingerprint density at radius 3 is 2.46 bits per heavy atom. The molecule has 0 aromatic heterocycles. The van der Waals surface area contributed by atoms with E-state index in [1.54, 1.807) is 25.1 Å². The van der Waals surface area contributed by atoms with Crippen LogP contribution in [0.1, 0.15) is 63.0 Å². The maximum atomic E-state index is 13.3. The third-order valence-electron chi connectivity index (χ3n) is 9.57. The fraction of sp³-hybridized carbons (Fsp3) is 0.463. The number of carbonyl (C=O) groups is 4. The van der Waals surface area contributed by atoms with E-state index in [4.69, 9.17) is 37.9 Å². The quantitative estimate of drug-likeness (QED) is 0.0975. The van der Waals surface area contributed by atoms with Crippen LogP contribution in [-0.2, 0) is 46.2 Å². The molecular formula is C41H49N3O12. The van der Waals surface area contributed by atoms with Crippen molar-refractivity contribution in [1.29, 1.82) is 0 Å². The molecule has 3 aliphatic heterocycles. The lowest BCUT2D eigenvalue weighted by atomic mass is 9.90. The summed E-state index contributed by atoms with van der Waals surface area (Å²) >= 11 is 0. The van der Waals surface area contributed by atoms with Gasteiger partial charge in [-0.05, 0) is 49.9 Å². The molecule has 15 nitrogen and oxygen atoms in total. The van der Waals surface area contributed by atoms with Crippen LogP contribution in [0.15, 0.2) is 78.9 Å². The molecule has 0 aliphatic carbocycles. The van der Waals surface area contributed by atoms with E-state index in [1.165, 1.54) is 0 Å². The van der Waals surface area contributed by atoms with Crippen molar-refractivity contribution < 1.29 is 57.1 Å². The van der Waals surface area contributed by atoms with Crippen LogP contribution in [0.2, 0.25) is 0 Å². The average molecular weight is 776 g/mol. The molecule has 5 atom stereocenters. The number of alkyl carbamates (subject to hydrolysis) is 2. The van der Waals surface area contributed by atoms with Gasteiger partial charge >= 0.3 is 18.2 Å². The molecule has 2 saturated heterocycles. The predicted molar refractivity (Wildman–Crippen MR) is 200 cm³/mol. The van der Waals surface area contributed by atoms with Crippen molar-refractivity contribution >= 4 is 24.1 Å². The van der Waals surface area contributed by atoms with E-state index >= 15 is 0 Å². The van der Waals surface area contributed by atoms with Gasteiger partial charge in [0, 0.05) is 44.2 Å². The van der Waals surface area contributed by atoms with Gasteiger partial charge in [-0.2, -0.15) is 0 Å². The Kier molecular flexibility index (Phi) is 14.2. The summed E-state index contributed by atoms with van der Waals surface area (Å²) in [6.07, 6.45) is -0.0371. The van der Waals surface area contributed by atoms with E-state index in [0.29, 0.717) is 42.9 Å². The van der Waals surface area contributed by atoms with Gasteiger partial charge in [-0.15, -0.1) is 0 Å². The Morgan fingerprint density at radius 1 is 0.875 bits per heavy atom. The van der Waals surface area contributed by atoms with Gasteiger partial charge in [0.25, 0.3) is 0 Å². The first-order valence-corrected chi connectivity index (χ1v) is 19.0. The summed E-state index contributed by atoms with van der Waals surface area (Å²) in [5.74, 6) is -0.234. The van der Waals surface area contributed by atoms with Crippen molar-refractivity contribution in [2.45, 2.75) is 95.0 Å². The zero-order chi connectivity index (χ0) is 39.2. The minimum Gasteiger partial charge on any atom is -0.473 e. The van der Waals surface area contributed by atoms with Crippen molar-refractivity contribution in [2.24, 2.45) is 0 Å². The number of amides is 3. The minimum atomic E-state index is -1.16. The summed E-state index contributed by atoms with van der Waals surface area (Å²) in [6, 6.07) is 23.0. The second-order valence-corrected chi connectivity index (χ2v) is 13.7. The minimum absolute atomic E-state index is 0.0311. The number of ether oxygens (including phenoxy) is 8. The first-order chi connectivity index (χ1) is 27.3. The second kappa shape index (κ2) is 19.9. The molecule has 0 bridgehead atoms. The molecule has 15 heteroatoms. The maximum absolute atomic E-state index is 13.3. The van der Waals surface area contributed by atoms with Crippen LogP contribution in [0, 0.1) is 0 Å². The highest BCUT2D eigenvalue weighted by Crippen LogP contribution is 2.41. The van der Waals surface area contributed by atoms with E-state index in [1.807, 2.05) is 60.7 Å². The number of rotatable bonds is 16. The highest BCUT2D eigenvalue weighted by molar-refractivity contribution is 5.84. The Bertz CT molecular complexity index is 1760. The smallest absolute Gasteiger partial charge is 0.409 e. The monoisotopic (exact) mass is 775 g/mol. The Labute approximate surface area is 325 Å². The molecule has 2 fully saturated rings. The molecule has 300 valence electrons. The fourth-order valence-corrected chi connectivity index (χ4v) is 7.01. The van der Waals surface area contributed by atoms with Crippen LogP contribution < -0.4 is 30.2 Å². The lowest BCUT2D eigenvalue weighted by molar-refractivity contribution is -0.329. The van der Waals surface area contributed by atoms with Crippen LogP contribution in [0.5, 0.6) is 17.2 Å². The zero-order valence-corrected chi connectivity index (χ0v) is 31.4. The SMILES string of the molecule is CCOC(=O)[C@H](Cc1ccccc1)NC(=O)CC[C@@H]1C[C@@H](OC(=O)NCc2cccc3c2OCO3)C[C@@]2(CCC[C@H](COC(=O)NCOc3ccccc3)O2)O1. The molecular weight excluding hydrogens is 726 g/mol. The lowest BCUT2D eigenvalue weighted by Crippen LogP contribution is -2.54. The molecule has 3 aliphatic rings. The van der Waals surface area contributed by atoms with E-state index in [9.17, 15) is 19.2 Å². The molecule has 3 N–H and O–H groups in total. The van der Waals surface area contributed by atoms with Crippen molar-refractivity contribution in [3.8, 4) is 17.2 Å². The van der Waals surface area contributed by atoms with Crippen LogP contribution in [0.25, 0.3) is 0 Å². The molecule has 3 amide bonds. The van der Waals surface area contributed by atoms with Gasteiger partial charge in [0.2, 0.25) is 12.7 Å². The molecule has 3 aromatic carbocycles. The summed E-state index contributed by atoms with van der Waals surface area (Å²) in [4.78, 5) is 51.7. The van der Waals surface area contributed by atoms with Crippen molar-refractivity contribution in [2.75, 3.05) is 26.7 Å². The average Bonchev–Trinajstić information content (AvgIpc) is 3.69. The number of nitrogens with one attached hydrogen (secondary N) is 3. The van der Waals surface area contributed by atoms with Crippen molar-refractivity contribution in [1.82, 2.24) is 16.0 Å². The number of benzene rings is 3. The van der Waals surface area contributed by atoms with Gasteiger partial charge in [-0.1, -0.05) is 60.7 Å². The van der Waals surface area contributed by atoms with E-state index in [2.05, 4.69) is 16.0 Å². The predicted octanol–water partition coefficient (Wildman–Crippen LogP) is 5.29. The lowest BCUT2D eigenvalue weighted by Gasteiger charge is -2.47. The van der Waals surface area contributed by atoms with E-state index < -0.39 is 48.3 Å². The van der Waals surface area contributed by atoms with Gasteiger partial charge in [-0.3, -0.25) is 10.1 Å². The highest BCUT2D eigenvalue weighted by atomic mass is 16.7. The maximum Gasteiger partial charge on any atom is 0.409 e. The van der Waals surface area contributed by atoms with Crippen LogP contribution >= 0.6 is 0 Å². The number of carbonyl (C=O) groups excluding carboxylic acids is 4. The molecule has 3 aromatic rings. The van der Waals surface area contributed by atoms with E-state index in [-0.39, 0.29) is 64.9 Å². The largest absolute Gasteiger partial charge is 0.473 e. The van der Waals surface area contributed by atoms with Crippen LogP contribution in [-0.4, -0.2) is 80.9 Å². The summed E-state index contributed by atoms with van der Waals surface area (Å²) in [5.41, 5.74) is 1.62. The standard InChI is InChI=1S/C41H49N3O12/c1-2-49-38(46)34(21-28-11-5-3-6-12-28)44-36(45)19-18-31-22-33(54-40(48)42-24-29-13-9-17-35-37(29)53-27-52-35)23-41(55-31)20-10-16-32(56-41)25-50-39(47)43-26-51-30-14-7-4-8-15-30/h3-9,11-15,17,31-34H,2,10,16,18-27H2,1H3,(H,42,48)(H,43,47)(H,44,45)/t31-,32-,33-,34+,41+/m1/s1. The summed E-state index contributed by atoms with van der Waals surface area (Å²) in [5, 5.41) is 8.20. The molecule has 56 heavy (non-hydrogen) atoms. The highest BCUT2D eigenvalue weighted by Gasteiger charge is 2.47. The molecule has 0 radical (unpaired) electrons. The molecule has 1 spiro atoms. The number of fused-ring (bicyclic) bond motifs is 1. The van der Waals surface area contributed by atoms with Gasteiger partial charge in [-0.25, -0.2) is 14.4 Å². The third-order valence-corrected chi connectivity index (χ3v) is 9.57. The Morgan fingerprint density at radius 2 is 1.66 bits per heavy atom. The van der Waals surface area contributed by atoms with Crippen molar-refractivity contribution in [3.05, 3.63) is 90.0 Å². The number of hydrogen-bond donors (Lipinski definition) is 3. The van der Waals surface area contributed by atoms with Crippen LogP contribution in [0.4, 0.5) is 9.59 Å². The van der Waals surface area contributed by atoms with E-state index in [0.717, 1.165) is 11.1 Å². The number of hydrogen-bond acceptors (Lipinski definition) is 12. The molecule has 6 rings (SSSR count). The van der Waals surface area contributed by atoms with Gasteiger partial charge in [0.15, 0.2) is 24.0 Å². The van der Waals surface area contributed by atoms with Gasteiger partial charge in [0.05, 0.1) is 18.8 Å². The molecule has 0 unspecified atom stereocenters. The third kappa shape index (κ3) is 11.7. The van der Waals surface area contributed by atoms with Gasteiger partial charge in [0.1, 0.15) is 24.5 Å². The number of para-hydroxylation sites is 2. The second-order valence-electron chi connectivity index (χ2n) is 13.7. The summed E-state index contributed by atoms with van der Waals surface area (Å²) in [7, 11) is 0.